The Bertz CT molecular complexity index is 2020. The van der Waals surface area contributed by atoms with Gasteiger partial charge in [0.05, 0.1) is 26.4 Å². The number of carbonyl (C=O) groups is 3. The molecule has 0 atom stereocenters. The molecule has 9 nitrogen and oxygen atoms in total. The maximum atomic E-state index is 13.8. The molecule has 24 heteroatoms. The van der Waals surface area contributed by atoms with Crippen molar-refractivity contribution in [1.29, 1.82) is 0 Å². The third-order valence-electron chi connectivity index (χ3n) is 9.10. The highest BCUT2D eigenvalue weighted by atomic mass is 19.4. The Morgan fingerprint density at radius 2 is 0.829 bits per heavy atom. The van der Waals surface area contributed by atoms with Crippen molar-refractivity contribution >= 4 is 30.1 Å². The smallest absolute Gasteiger partial charge is 0.460 e. The molecule has 0 heterocycles. The Morgan fingerprint density at radius 1 is 0.486 bits per heavy atom. The van der Waals surface area contributed by atoms with Gasteiger partial charge < -0.3 is 29.2 Å². The minimum absolute atomic E-state index is 0. The number of ether oxygens (including phenoxy) is 5. The van der Waals surface area contributed by atoms with Crippen LogP contribution in [0, 0.1) is 0 Å². The second-order valence-electron chi connectivity index (χ2n) is 15.0. The summed E-state index contributed by atoms with van der Waals surface area (Å²) in [5, 5.41) is 0. The second kappa shape index (κ2) is 28.2. The highest BCUT2D eigenvalue weighted by Crippen LogP contribution is 2.62. The molecule has 0 saturated carbocycles. The van der Waals surface area contributed by atoms with Crippen molar-refractivity contribution in [3.63, 3.8) is 0 Å². The second-order valence-corrected chi connectivity index (χ2v) is 15.0. The van der Waals surface area contributed by atoms with Gasteiger partial charge in [0, 0.05) is 17.2 Å². The molecule has 0 aliphatic rings. The van der Waals surface area contributed by atoms with Crippen molar-refractivity contribution in [2.24, 2.45) is 0 Å². The number of halogens is 15. The zero-order valence-electron chi connectivity index (χ0n) is 38.0. The largest absolute Gasteiger partial charge is 0.494 e. The van der Waals surface area contributed by atoms with E-state index in [9.17, 15) is 80.2 Å². The van der Waals surface area contributed by atoms with Crippen LogP contribution < -0.4 is 9.47 Å². The first-order valence-corrected chi connectivity index (χ1v) is 20.7. The summed E-state index contributed by atoms with van der Waals surface area (Å²) < 4.78 is 223. The van der Waals surface area contributed by atoms with Gasteiger partial charge in [-0.3, -0.25) is 0 Å². The van der Waals surface area contributed by atoms with Crippen LogP contribution in [-0.4, -0.2) is 98.1 Å². The number of allylic oxidation sites excluding steroid dienone is 1. The topological polar surface area (TPSA) is 129 Å². The molecule has 0 aliphatic heterocycles. The quantitative estimate of drug-likeness (QED) is 0.0271. The van der Waals surface area contributed by atoms with Gasteiger partial charge in [-0.15, -0.1) is 0 Å². The summed E-state index contributed by atoms with van der Waals surface area (Å²) in [5.41, 5.74) is 2.01. The summed E-state index contributed by atoms with van der Waals surface area (Å²) in [6.45, 7) is 10.6. The summed E-state index contributed by atoms with van der Waals surface area (Å²) in [6.07, 6.45) is 4.09. The summed E-state index contributed by atoms with van der Waals surface area (Å²) >= 11 is 0. The molecule has 0 aromatic heterocycles. The Kier molecular flexibility index (Phi) is 25.9. The van der Waals surface area contributed by atoms with E-state index >= 15 is 0 Å². The highest BCUT2D eigenvalue weighted by molar-refractivity contribution is 5.87. The standard InChI is InChI=1S/C27H25F15O5.C19H26O3.H2O/c1-16(2)20(44)46-14-6-4-3-5-13-45-18-10-7-17(8-11-18)9-12-19(43)47-15-21(28,29)22(30,31)23(32,33)24(34,35)25(36,37)26(38,39)27(40,41)42;1-4-9-17-10-12-18(13-11-17)21-14-7-5-6-8-15-22-19(20)16(2)3;/h7-12H,1,3-6,13-15H2,2H3;4,9-13H,2,5-8,14-15H2,1,3H3;1H2/b12-9+;9-4+;. The molecule has 2 aromatic rings. The molecule has 2 rings (SSSR count). The summed E-state index contributed by atoms with van der Waals surface area (Å²) in [6, 6.07) is 13.3. The molecule has 0 saturated heterocycles. The fourth-order valence-corrected chi connectivity index (χ4v) is 5.08. The van der Waals surface area contributed by atoms with Crippen molar-refractivity contribution in [3.8, 4) is 11.5 Å². The lowest BCUT2D eigenvalue weighted by atomic mass is 9.91. The van der Waals surface area contributed by atoms with Gasteiger partial charge in [0.25, 0.3) is 0 Å². The zero-order valence-corrected chi connectivity index (χ0v) is 38.0. The Balaban J connectivity index is 0.00000173. The first kappa shape index (κ1) is 64.3. The summed E-state index contributed by atoms with van der Waals surface area (Å²) in [4.78, 5) is 34.0. The molecule has 0 aliphatic carbocycles. The average molecular weight is 1030 g/mol. The van der Waals surface area contributed by atoms with E-state index in [-0.39, 0.29) is 41.9 Å². The van der Waals surface area contributed by atoms with Crippen LogP contribution >= 0.6 is 0 Å². The van der Waals surface area contributed by atoms with Crippen LogP contribution in [0.2, 0.25) is 0 Å². The lowest BCUT2D eigenvalue weighted by Crippen LogP contribution is -2.73. The first-order valence-electron chi connectivity index (χ1n) is 20.7. The first-order chi connectivity index (χ1) is 31.8. The Hall–Kier alpha value is -5.68. The Labute approximate surface area is 393 Å². The van der Waals surface area contributed by atoms with Gasteiger partial charge in [0.2, 0.25) is 0 Å². The monoisotopic (exact) mass is 1030 g/mol. The number of hydrogen-bond acceptors (Lipinski definition) is 8. The molecule has 396 valence electrons. The molecule has 0 spiro atoms. The van der Waals surface area contributed by atoms with Crippen molar-refractivity contribution in [1.82, 2.24) is 0 Å². The molecule has 2 N–H and O–H groups in total. The lowest BCUT2D eigenvalue weighted by molar-refractivity contribution is -0.453. The number of rotatable bonds is 28. The van der Waals surface area contributed by atoms with E-state index in [1.54, 1.807) is 6.92 Å². The maximum Gasteiger partial charge on any atom is 0.460 e. The SMILES string of the molecule is C=C(C)C(=O)OCCCCCCOc1ccc(/C=C/C(=O)OCC(F)(F)C(F)(F)C(F)(F)C(F)(F)C(F)(F)C(F)(F)C(F)(F)F)cc1.C=C(C)C(=O)OCCCCCCOc1ccc(/C=C/C)cc1.O. The van der Waals surface area contributed by atoms with Crippen LogP contribution in [-0.2, 0) is 28.6 Å². The number of hydrogen-bond donors (Lipinski definition) is 0. The number of benzene rings is 2. The van der Waals surface area contributed by atoms with E-state index in [1.807, 2.05) is 37.3 Å². The zero-order chi connectivity index (χ0) is 52.9. The third kappa shape index (κ3) is 18.6. The molecule has 0 fully saturated rings. The van der Waals surface area contributed by atoms with Gasteiger partial charge in [-0.1, -0.05) is 49.6 Å². The van der Waals surface area contributed by atoms with Crippen LogP contribution in [0.15, 0.2) is 85.0 Å². The van der Waals surface area contributed by atoms with Gasteiger partial charge in [0.1, 0.15) is 11.5 Å². The predicted molar refractivity (Wildman–Crippen MR) is 226 cm³/mol. The average Bonchev–Trinajstić information content (AvgIpc) is 3.27. The van der Waals surface area contributed by atoms with Crippen LogP contribution in [0.1, 0.15) is 83.3 Å². The van der Waals surface area contributed by atoms with E-state index in [1.165, 1.54) is 36.8 Å². The van der Waals surface area contributed by atoms with Crippen LogP contribution in [0.4, 0.5) is 65.9 Å². The fourth-order valence-electron chi connectivity index (χ4n) is 5.08. The molecule has 0 amide bonds. The van der Waals surface area contributed by atoms with Crippen LogP contribution in [0.5, 0.6) is 11.5 Å². The van der Waals surface area contributed by atoms with Gasteiger partial charge in [-0.25, -0.2) is 14.4 Å². The molecule has 0 unspecified atom stereocenters. The highest BCUT2D eigenvalue weighted by Gasteiger charge is 2.93. The minimum atomic E-state index is -8.42. The van der Waals surface area contributed by atoms with E-state index in [0.717, 1.165) is 50.4 Å². The van der Waals surface area contributed by atoms with E-state index in [2.05, 4.69) is 24.0 Å². The number of esters is 3. The van der Waals surface area contributed by atoms with E-state index in [0.29, 0.717) is 37.4 Å². The molecule has 70 heavy (non-hydrogen) atoms. The summed E-state index contributed by atoms with van der Waals surface area (Å²) in [5.74, 6) is -49.2. The minimum Gasteiger partial charge on any atom is -0.494 e. The predicted octanol–water partition coefficient (Wildman–Crippen LogP) is 12.6. The number of alkyl halides is 15. The fraction of sp³-hybridized carbons (Fsp3) is 0.500. The van der Waals surface area contributed by atoms with Gasteiger partial charge in [-0.2, -0.15) is 65.9 Å². The van der Waals surface area contributed by atoms with Crippen molar-refractivity contribution in [3.05, 3.63) is 96.1 Å². The van der Waals surface area contributed by atoms with Crippen molar-refractivity contribution in [2.45, 2.75) is 114 Å². The van der Waals surface area contributed by atoms with E-state index in [4.69, 9.17) is 18.9 Å². The molecule has 0 radical (unpaired) electrons. The molecule has 0 bridgehead atoms. The molecular weight excluding hydrogens is 981 g/mol. The maximum absolute atomic E-state index is 13.8. The number of carbonyl (C=O) groups excluding carboxylic acids is 3. The van der Waals surface area contributed by atoms with Crippen molar-refractivity contribution in [2.75, 3.05) is 33.0 Å². The Morgan fingerprint density at radius 3 is 1.19 bits per heavy atom. The van der Waals surface area contributed by atoms with Gasteiger partial charge >= 0.3 is 59.6 Å². The van der Waals surface area contributed by atoms with Gasteiger partial charge in [-0.05, 0) is 114 Å². The lowest BCUT2D eigenvalue weighted by Gasteiger charge is -2.41. The molecular formula is C46H53F15O9. The van der Waals surface area contributed by atoms with Gasteiger partial charge in [0.15, 0.2) is 6.61 Å². The van der Waals surface area contributed by atoms with Crippen molar-refractivity contribution < 1.29 is 109 Å². The number of unbranched alkanes of at least 4 members (excludes halogenated alkanes) is 6. The van der Waals surface area contributed by atoms with Crippen LogP contribution in [0.25, 0.3) is 12.2 Å². The summed E-state index contributed by atoms with van der Waals surface area (Å²) in [7, 11) is 0. The van der Waals surface area contributed by atoms with Crippen LogP contribution in [0.3, 0.4) is 0 Å². The normalized spacial score (nSPS) is 12.7. The van der Waals surface area contributed by atoms with E-state index < -0.39 is 60.3 Å². The third-order valence-corrected chi connectivity index (χ3v) is 9.10. The molecule has 2 aromatic carbocycles.